The molecule has 1 saturated carbocycles. The van der Waals surface area contributed by atoms with Crippen LogP contribution < -0.4 is 10.6 Å². The first kappa shape index (κ1) is 15.0. The second-order valence-electron chi connectivity index (χ2n) is 7.39. The molecule has 2 aliphatic rings. The van der Waals surface area contributed by atoms with Gasteiger partial charge in [0.15, 0.2) is 17.3 Å². The van der Waals surface area contributed by atoms with Gasteiger partial charge in [-0.25, -0.2) is 23.1 Å². The molecule has 2 aromatic heterocycles. The van der Waals surface area contributed by atoms with Gasteiger partial charge in [-0.3, -0.25) is 4.57 Å². The van der Waals surface area contributed by atoms with Crippen molar-refractivity contribution in [3.05, 3.63) is 35.8 Å². The second kappa shape index (κ2) is 8.55. The highest BCUT2D eigenvalue weighted by Crippen LogP contribution is 2.32. The molecule has 0 spiro atoms. The van der Waals surface area contributed by atoms with Crippen LogP contribution in [0.1, 0.15) is 46.3 Å². The van der Waals surface area contributed by atoms with Gasteiger partial charge in [0.05, 0.1) is 26.3 Å². The summed E-state index contributed by atoms with van der Waals surface area (Å²) >= 11 is 0. The molecule has 5 rings (SSSR count). The first-order valence-electron chi connectivity index (χ1n) is 13.0. The molecule has 0 amide bonds. The maximum absolute atomic E-state index is 14.4. The lowest BCUT2D eigenvalue weighted by molar-refractivity contribution is 0.126. The number of hydrogen-bond donors (Lipinski definition) is 3. The van der Waals surface area contributed by atoms with Crippen LogP contribution >= 0.6 is 0 Å². The zero-order valence-electron chi connectivity index (χ0n) is 22.6. The number of rotatable bonds is 5. The van der Waals surface area contributed by atoms with Crippen LogP contribution in [0.2, 0.25) is 0 Å². The molecular formula is C21H23F3N6O2. The lowest BCUT2D eigenvalue weighted by Crippen LogP contribution is -2.29. The molecule has 3 heterocycles. The predicted molar refractivity (Wildman–Crippen MR) is 111 cm³/mol. The number of anilines is 3. The summed E-state index contributed by atoms with van der Waals surface area (Å²) in [6.45, 7) is 0.632. The fourth-order valence-corrected chi connectivity index (χ4v) is 3.64. The number of nitrogens with zero attached hydrogens (tertiary/aromatic N) is 4. The van der Waals surface area contributed by atoms with E-state index >= 15 is 0 Å². The van der Waals surface area contributed by atoms with E-state index in [1.165, 1.54) is 10.8 Å². The van der Waals surface area contributed by atoms with Crippen molar-refractivity contribution in [3.8, 4) is 0 Å². The summed E-state index contributed by atoms with van der Waals surface area (Å²) in [7, 11) is 0. The monoisotopic (exact) mass is 454 g/mol. The van der Waals surface area contributed by atoms with Crippen LogP contribution in [0.25, 0.3) is 11.2 Å². The molecule has 3 aromatic rings. The van der Waals surface area contributed by atoms with E-state index in [1.807, 2.05) is 0 Å². The van der Waals surface area contributed by atoms with Crippen LogP contribution in [0.3, 0.4) is 0 Å². The normalized spacial score (nSPS) is 34.1. The molecule has 3 N–H and O–H groups in total. The quantitative estimate of drug-likeness (QED) is 0.541. The average molecular weight is 454 g/mol. The molecule has 32 heavy (non-hydrogen) atoms. The lowest BCUT2D eigenvalue weighted by Gasteiger charge is -2.26. The number of imidazole rings is 1. The van der Waals surface area contributed by atoms with E-state index in [0.717, 1.165) is 0 Å². The Kier molecular flexibility index (Phi) is 4.01. The summed E-state index contributed by atoms with van der Waals surface area (Å²) in [6.07, 6.45) is -9.18. The predicted octanol–water partition coefficient (Wildman–Crippen LogP) is 3.66. The molecule has 1 saturated heterocycles. The number of hydrogen-bond acceptors (Lipinski definition) is 7. The Hall–Kier alpha value is -2.92. The summed E-state index contributed by atoms with van der Waals surface area (Å²) in [6, 6.07) is -0.697. The van der Waals surface area contributed by atoms with Gasteiger partial charge in [-0.15, -0.1) is 0 Å². The number of ether oxygens (including phenoxy) is 1. The SMILES string of the molecule is [2H]C1CC(Nc2ncc3nc(Nc4c(F)cc(F)cc4F)n(C4CCOC4)c3n2)C([2H])([2H])C([2H])([2H])C1([2H])O. The number of aromatic nitrogens is 4. The molecule has 2 fully saturated rings. The topological polar surface area (TPSA) is 97.1 Å². The second-order valence-corrected chi connectivity index (χ2v) is 7.39. The Morgan fingerprint density at radius 2 is 2.00 bits per heavy atom. The van der Waals surface area contributed by atoms with Gasteiger partial charge >= 0.3 is 0 Å². The van der Waals surface area contributed by atoms with Crippen molar-refractivity contribution >= 4 is 28.7 Å². The van der Waals surface area contributed by atoms with E-state index in [9.17, 15) is 18.3 Å². The number of nitrogens with one attached hydrogen (secondary N) is 2. The number of fused-ring (bicyclic) bond motifs is 1. The highest BCUT2D eigenvalue weighted by atomic mass is 19.1. The largest absolute Gasteiger partial charge is 0.393 e. The standard InChI is InChI=1S/C21H23F3N6O2/c22-11-7-15(23)18(16(24)8-11)28-21-27-17-9-25-20(26-12-1-3-14(31)4-2-12)29-19(17)30(21)13-5-6-32-10-13/h7-9,12-14,31H,1-6,10H2,(H,27,28)(H,25,26,29)/i1D2,3D2,4D,14D. The van der Waals surface area contributed by atoms with E-state index < -0.39 is 60.8 Å². The Balaban J connectivity index is 1.54. The molecule has 11 heteroatoms. The lowest BCUT2D eigenvalue weighted by atomic mass is 9.93. The van der Waals surface area contributed by atoms with Crippen molar-refractivity contribution in [2.24, 2.45) is 0 Å². The van der Waals surface area contributed by atoms with E-state index in [1.54, 1.807) is 0 Å². The third kappa shape index (κ3) is 4.09. The van der Waals surface area contributed by atoms with Gasteiger partial charge in [0.2, 0.25) is 11.9 Å². The van der Waals surface area contributed by atoms with Crippen LogP contribution in [0.15, 0.2) is 18.3 Å². The highest BCUT2D eigenvalue weighted by molar-refractivity contribution is 5.76. The van der Waals surface area contributed by atoms with E-state index in [0.29, 0.717) is 25.2 Å². The van der Waals surface area contributed by atoms with Gasteiger partial charge in [-0.1, -0.05) is 0 Å². The first-order valence-corrected chi connectivity index (χ1v) is 9.89. The zero-order valence-corrected chi connectivity index (χ0v) is 16.6. The highest BCUT2D eigenvalue weighted by Gasteiger charge is 2.27. The van der Waals surface area contributed by atoms with Crippen LogP contribution in [0.4, 0.5) is 30.8 Å². The van der Waals surface area contributed by atoms with Crippen molar-refractivity contribution < 1.29 is 31.2 Å². The molecule has 4 unspecified atom stereocenters. The molecular weight excluding hydrogens is 425 g/mol. The maximum Gasteiger partial charge on any atom is 0.224 e. The number of benzene rings is 1. The smallest absolute Gasteiger partial charge is 0.224 e. The van der Waals surface area contributed by atoms with E-state index in [4.69, 9.17) is 13.0 Å². The maximum atomic E-state index is 14.4. The molecule has 0 bridgehead atoms. The van der Waals surface area contributed by atoms with E-state index in [-0.39, 0.29) is 35.7 Å². The average Bonchev–Trinajstić information content (AvgIpc) is 3.47. The minimum absolute atomic E-state index is 0.0267. The van der Waals surface area contributed by atoms with Gasteiger partial charge in [0.1, 0.15) is 17.0 Å². The zero-order chi connectivity index (χ0) is 27.6. The third-order valence-corrected chi connectivity index (χ3v) is 5.17. The fourth-order valence-electron chi connectivity index (χ4n) is 3.64. The summed E-state index contributed by atoms with van der Waals surface area (Å²) in [5.41, 5.74) is -0.244. The molecule has 1 aliphatic carbocycles. The van der Waals surface area contributed by atoms with Crippen LogP contribution in [-0.2, 0) is 4.74 Å². The van der Waals surface area contributed by atoms with Gasteiger partial charge in [-0.05, 0) is 32.0 Å². The van der Waals surface area contributed by atoms with Crippen LogP contribution in [-0.4, -0.2) is 50.0 Å². The number of aliphatic hydroxyl groups is 1. The molecule has 1 aliphatic heterocycles. The summed E-state index contributed by atoms with van der Waals surface area (Å²) in [5.74, 6) is -3.62. The Labute approximate surface area is 190 Å². The van der Waals surface area contributed by atoms with Crippen molar-refractivity contribution in [3.63, 3.8) is 0 Å². The van der Waals surface area contributed by atoms with Gasteiger partial charge in [-0.2, -0.15) is 4.98 Å². The van der Waals surface area contributed by atoms with Crippen molar-refractivity contribution in [1.82, 2.24) is 19.5 Å². The van der Waals surface area contributed by atoms with Crippen LogP contribution in [0.5, 0.6) is 0 Å². The molecule has 8 nitrogen and oxygen atoms in total. The molecule has 170 valence electrons. The molecule has 1 aromatic carbocycles. The summed E-state index contributed by atoms with van der Waals surface area (Å²) in [4.78, 5) is 12.8. The Morgan fingerprint density at radius 1 is 1.19 bits per heavy atom. The Bertz CT molecular complexity index is 1360. The van der Waals surface area contributed by atoms with Gasteiger partial charge in [0, 0.05) is 31.6 Å². The summed E-state index contributed by atoms with van der Waals surface area (Å²) < 4.78 is 97.5. The van der Waals surface area contributed by atoms with Gasteiger partial charge < -0.3 is 20.5 Å². The van der Waals surface area contributed by atoms with Crippen molar-refractivity contribution in [1.29, 1.82) is 0 Å². The van der Waals surface area contributed by atoms with Gasteiger partial charge in [0.25, 0.3) is 0 Å². The summed E-state index contributed by atoms with van der Waals surface area (Å²) in [5, 5.41) is 15.4. The molecule has 4 atom stereocenters. The minimum atomic E-state index is -3.10. The van der Waals surface area contributed by atoms with Crippen molar-refractivity contribution in [2.75, 3.05) is 23.8 Å². The molecule has 0 radical (unpaired) electrons. The van der Waals surface area contributed by atoms with Crippen LogP contribution in [0, 0.1) is 17.5 Å². The number of halogens is 3. The third-order valence-electron chi connectivity index (χ3n) is 5.17. The first-order chi connectivity index (χ1) is 17.7. The Morgan fingerprint density at radius 3 is 2.75 bits per heavy atom. The van der Waals surface area contributed by atoms with Crippen molar-refractivity contribution in [2.45, 2.75) is 50.1 Å². The fraction of sp³-hybridized carbons (Fsp3) is 0.476. The minimum Gasteiger partial charge on any atom is -0.393 e. The van der Waals surface area contributed by atoms with E-state index in [2.05, 4.69) is 25.6 Å².